The molecular formula is C14H9FN4O3. The fourth-order valence-electron chi connectivity index (χ4n) is 1.89. The largest absolute Gasteiger partial charge is 0.504 e. The molecule has 0 saturated heterocycles. The quantitative estimate of drug-likeness (QED) is 0.725. The first-order chi connectivity index (χ1) is 10.6. The summed E-state index contributed by atoms with van der Waals surface area (Å²) in [7, 11) is 0. The molecule has 1 aromatic carbocycles. The molecule has 2 N–H and O–H groups in total. The van der Waals surface area contributed by atoms with E-state index in [9.17, 15) is 19.4 Å². The van der Waals surface area contributed by atoms with Crippen LogP contribution in [0.25, 0.3) is 5.65 Å². The zero-order chi connectivity index (χ0) is 15.7. The van der Waals surface area contributed by atoms with Gasteiger partial charge < -0.3 is 10.2 Å². The zero-order valence-corrected chi connectivity index (χ0v) is 11.0. The fraction of sp³-hybridized carbons (Fsp3) is 0. The fourth-order valence-corrected chi connectivity index (χ4v) is 1.89. The minimum absolute atomic E-state index is 0.0391. The van der Waals surface area contributed by atoms with Crippen molar-refractivity contribution in [2.24, 2.45) is 10.2 Å². The van der Waals surface area contributed by atoms with Gasteiger partial charge in [0.1, 0.15) is 5.82 Å². The lowest BCUT2D eigenvalue weighted by Gasteiger charge is -1.97. The predicted molar refractivity (Wildman–Crippen MR) is 74.4 cm³/mol. The molecule has 22 heavy (non-hydrogen) atoms. The Morgan fingerprint density at radius 2 is 1.91 bits per heavy atom. The van der Waals surface area contributed by atoms with Crippen LogP contribution in [0, 0.1) is 5.82 Å². The number of fused-ring (bicyclic) bond motifs is 1. The average Bonchev–Trinajstić information content (AvgIpc) is 2.87. The molecule has 110 valence electrons. The summed E-state index contributed by atoms with van der Waals surface area (Å²) in [5, 5.41) is 26.6. The van der Waals surface area contributed by atoms with E-state index in [1.54, 1.807) is 0 Å². The van der Waals surface area contributed by atoms with E-state index < -0.39 is 11.8 Å². The van der Waals surface area contributed by atoms with Gasteiger partial charge >= 0.3 is 5.97 Å². The second-order valence-electron chi connectivity index (χ2n) is 4.35. The van der Waals surface area contributed by atoms with Crippen LogP contribution in [0.4, 0.5) is 15.9 Å². The smallest absolute Gasteiger partial charge is 0.358 e. The SMILES string of the molecule is O=C(O)c1nc2c(O)cccn2c1N=Nc1ccc(F)cc1. The number of benzene rings is 1. The normalized spacial score (nSPS) is 11.3. The van der Waals surface area contributed by atoms with Crippen LogP contribution in [0.3, 0.4) is 0 Å². The van der Waals surface area contributed by atoms with Gasteiger partial charge in [-0.2, -0.15) is 0 Å². The Balaban J connectivity index is 2.12. The lowest BCUT2D eigenvalue weighted by atomic mass is 10.3. The summed E-state index contributed by atoms with van der Waals surface area (Å²) in [6, 6.07) is 8.14. The Morgan fingerprint density at radius 1 is 1.18 bits per heavy atom. The van der Waals surface area contributed by atoms with Crippen LogP contribution >= 0.6 is 0 Å². The van der Waals surface area contributed by atoms with Gasteiger partial charge in [0.2, 0.25) is 0 Å². The molecule has 0 spiro atoms. The van der Waals surface area contributed by atoms with Crippen molar-refractivity contribution in [2.45, 2.75) is 0 Å². The molecule has 0 radical (unpaired) electrons. The van der Waals surface area contributed by atoms with Gasteiger partial charge in [-0.1, -0.05) is 0 Å². The van der Waals surface area contributed by atoms with Crippen LogP contribution < -0.4 is 0 Å². The molecular weight excluding hydrogens is 291 g/mol. The molecule has 2 aromatic heterocycles. The molecule has 0 unspecified atom stereocenters. The first kappa shape index (κ1) is 13.7. The molecule has 0 bridgehead atoms. The summed E-state index contributed by atoms with van der Waals surface area (Å²) in [4.78, 5) is 15.1. The molecule has 0 amide bonds. The third kappa shape index (κ3) is 2.37. The highest BCUT2D eigenvalue weighted by atomic mass is 19.1. The summed E-state index contributed by atoms with van der Waals surface area (Å²) in [6.07, 6.45) is 1.51. The van der Waals surface area contributed by atoms with E-state index in [2.05, 4.69) is 15.2 Å². The first-order valence-corrected chi connectivity index (χ1v) is 6.17. The maximum Gasteiger partial charge on any atom is 0.358 e. The van der Waals surface area contributed by atoms with Gasteiger partial charge in [0.25, 0.3) is 0 Å². The molecule has 7 nitrogen and oxygen atoms in total. The van der Waals surface area contributed by atoms with Crippen LogP contribution in [0.1, 0.15) is 10.5 Å². The van der Waals surface area contributed by atoms with E-state index in [-0.39, 0.29) is 22.9 Å². The van der Waals surface area contributed by atoms with Crippen molar-refractivity contribution in [1.29, 1.82) is 0 Å². The minimum atomic E-state index is -1.30. The summed E-state index contributed by atoms with van der Waals surface area (Å²) in [6.45, 7) is 0. The van der Waals surface area contributed by atoms with Crippen LogP contribution in [0.15, 0.2) is 52.8 Å². The number of hydrogen-bond acceptors (Lipinski definition) is 5. The van der Waals surface area contributed by atoms with Crippen molar-refractivity contribution in [1.82, 2.24) is 9.38 Å². The number of carboxylic acid groups (broad SMARTS) is 1. The Morgan fingerprint density at radius 3 is 2.59 bits per heavy atom. The molecule has 0 aliphatic rings. The van der Waals surface area contributed by atoms with Gasteiger partial charge in [-0.3, -0.25) is 4.40 Å². The molecule has 8 heteroatoms. The van der Waals surface area contributed by atoms with Crippen molar-refractivity contribution in [2.75, 3.05) is 0 Å². The minimum Gasteiger partial charge on any atom is -0.504 e. The number of imidazole rings is 1. The average molecular weight is 300 g/mol. The summed E-state index contributed by atoms with van der Waals surface area (Å²) < 4.78 is 14.1. The highest BCUT2D eigenvalue weighted by Crippen LogP contribution is 2.28. The Labute approximate surface area is 123 Å². The number of carboxylic acids is 1. The topological polar surface area (TPSA) is 99.5 Å². The maximum atomic E-state index is 12.8. The second-order valence-corrected chi connectivity index (χ2v) is 4.35. The lowest BCUT2D eigenvalue weighted by molar-refractivity contribution is 0.0692. The van der Waals surface area contributed by atoms with Crippen molar-refractivity contribution < 1.29 is 19.4 Å². The number of azo groups is 1. The summed E-state index contributed by atoms with van der Waals surface area (Å²) >= 11 is 0. The summed E-state index contributed by atoms with van der Waals surface area (Å²) in [5.74, 6) is -1.92. The maximum absolute atomic E-state index is 12.8. The van der Waals surface area contributed by atoms with Crippen LogP contribution in [-0.4, -0.2) is 25.6 Å². The number of hydrogen-bond donors (Lipinski definition) is 2. The standard InChI is InChI=1S/C14H9FN4O3/c15-8-3-5-9(6-4-8)17-18-13-11(14(21)22)16-12-10(20)2-1-7-19(12)13/h1-7,20H,(H,21,22). The third-order valence-corrected chi connectivity index (χ3v) is 2.89. The van der Waals surface area contributed by atoms with E-state index in [1.165, 1.54) is 47.0 Å². The number of nitrogens with zero attached hydrogens (tertiary/aromatic N) is 4. The van der Waals surface area contributed by atoms with Crippen molar-refractivity contribution in [3.05, 3.63) is 54.1 Å². The lowest BCUT2D eigenvalue weighted by Crippen LogP contribution is -1.96. The first-order valence-electron chi connectivity index (χ1n) is 6.17. The van der Waals surface area contributed by atoms with E-state index in [4.69, 9.17) is 0 Å². The number of halogens is 1. The molecule has 0 saturated carbocycles. The molecule has 0 aliphatic carbocycles. The van der Waals surface area contributed by atoms with Gasteiger partial charge in [0, 0.05) is 6.20 Å². The molecule has 2 heterocycles. The van der Waals surface area contributed by atoms with Gasteiger partial charge in [-0.15, -0.1) is 10.2 Å². The molecule has 3 rings (SSSR count). The van der Waals surface area contributed by atoms with Crippen molar-refractivity contribution >= 4 is 23.1 Å². The van der Waals surface area contributed by atoms with Crippen molar-refractivity contribution in [3.63, 3.8) is 0 Å². The molecule has 3 aromatic rings. The number of aromatic nitrogens is 2. The van der Waals surface area contributed by atoms with Gasteiger partial charge in [0.05, 0.1) is 5.69 Å². The predicted octanol–water partition coefficient (Wildman–Crippen LogP) is 3.29. The Kier molecular flexibility index (Phi) is 3.26. The number of pyridine rings is 1. The van der Waals surface area contributed by atoms with Crippen molar-refractivity contribution in [3.8, 4) is 5.75 Å². The third-order valence-electron chi connectivity index (χ3n) is 2.89. The van der Waals surface area contributed by atoms with Gasteiger partial charge in [-0.25, -0.2) is 14.2 Å². The van der Waals surface area contributed by atoms with Gasteiger partial charge in [0.15, 0.2) is 22.9 Å². The second kappa shape index (κ2) is 5.24. The highest BCUT2D eigenvalue weighted by molar-refractivity contribution is 5.92. The van der Waals surface area contributed by atoms with E-state index >= 15 is 0 Å². The summed E-state index contributed by atoms with van der Waals surface area (Å²) in [5.41, 5.74) is 0.0770. The Hall–Kier alpha value is -3.29. The zero-order valence-electron chi connectivity index (χ0n) is 11.0. The highest BCUT2D eigenvalue weighted by Gasteiger charge is 2.19. The van der Waals surface area contributed by atoms with E-state index in [1.807, 2.05) is 0 Å². The van der Waals surface area contributed by atoms with Crippen LogP contribution in [-0.2, 0) is 0 Å². The number of aromatic hydroxyl groups is 1. The molecule has 0 fully saturated rings. The monoisotopic (exact) mass is 300 g/mol. The number of aromatic carboxylic acids is 1. The molecule has 0 aliphatic heterocycles. The van der Waals surface area contributed by atoms with E-state index in [0.29, 0.717) is 5.69 Å². The van der Waals surface area contributed by atoms with Gasteiger partial charge in [-0.05, 0) is 36.4 Å². The van der Waals surface area contributed by atoms with Crippen LogP contribution in [0.5, 0.6) is 5.75 Å². The van der Waals surface area contributed by atoms with Crippen LogP contribution in [0.2, 0.25) is 0 Å². The molecule has 0 atom stereocenters. The number of rotatable bonds is 3. The number of carbonyl (C=O) groups is 1. The Bertz CT molecular complexity index is 887. The van der Waals surface area contributed by atoms with E-state index in [0.717, 1.165) is 0 Å².